The number of amidine groups is 1. The van der Waals surface area contributed by atoms with Crippen LogP contribution in [-0.4, -0.2) is 41.1 Å². The van der Waals surface area contributed by atoms with Crippen LogP contribution in [0.3, 0.4) is 0 Å². The summed E-state index contributed by atoms with van der Waals surface area (Å²) in [6.45, 7) is 2.96. The molecule has 0 unspecified atom stereocenters. The lowest BCUT2D eigenvalue weighted by Crippen LogP contribution is -2.32. The van der Waals surface area contributed by atoms with E-state index in [0.717, 1.165) is 25.0 Å². The fourth-order valence-electron chi connectivity index (χ4n) is 2.07. The maximum absolute atomic E-state index is 11.2. The van der Waals surface area contributed by atoms with Crippen LogP contribution in [0, 0.1) is 5.41 Å². The number of aliphatic imine (C=N–C) groups is 1. The van der Waals surface area contributed by atoms with Gasteiger partial charge in [0.15, 0.2) is 0 Å². The topological polar surface area (TPSA) is 98.3 Å². The summed E-state index contributed by atoms with van der Waals surface area (Å²) < 4.78 is 0. The normalized spacial score (nSPS) is 16.2. The third-order valence-corrected chi connectivity index (χ3v) is 3.17. The Kier molecular flexibility index (Phi) is 3.79. The minimum Gasteiger partial charge on any atom is -0.382 e. The second kappa shape index (κ2) is 5.51. The zero-order valence-electron chi connectivity index (χ0n) is 10.8. The van der Waals surface area contributed by atoms with E-state index in [-0.39, 0.29) is 5.91 Å². The molecule has 0 radical (unpaired) electrons. The molecule has 0 aliphatic carbocycles. The minimum atomic E-state index is 0.102. The molecule has 0 atom stereocenters. The SMILES string of the molecule is CC(=O)N1CC=C(c2ccc(/C(N)=N\C=N)[nH]2)CC1. The van der Waals surface area contributed by atoms with Crippen molar-refractivity contribution in [3.8, 4) is 0 Å². The lowest BCUT2D eigenvalue weighted by atomic mass is 10.1. The number of nitrogens with one attached hydrogen (secondary N) is 2. The number of amides is 1. The molecule has 0 saturated carbocycles. The van der Waals surface area contributed by atoms with Gasteiger partial charge in [0.1, 0.15) is 12.2 Å². The molecule has 6 heteroatoms. The number of carbonyl (C=O) groups excluding carboxylic acids is 1. The van der Waals surface area contributed by atoms with Gasteiger partial charge in [-0.1, -0.05) is 6.08 Å². The Morgan fingerprint density at radius 1 is 1.58 bits per heavy atom. The molecule has 2 rings (SSSR count). The Balaban J connectivity index is 2.14. The Labute approximate surface area is 111 Å². The fraction of sp³-hybridized carbons (Fsp3) is 0.308. The van der Waals surface area contributed by atoms with Crippen LogP contribution in [0.4, 0.5) is 0 Å². The van der Waals surface area contributed by atoms with E-state index in [1.807, 2.05) is 18.2 Å². The van der Waals surface area contributed by atoms with Crippen molar-refractivity contribution in [1.29, 1.82) is 5.41 Å². The van der Waals surface area contributed by atoms with Gasteiger partial charge in [0.25, 0.3) is 0 Å². The number of rotatable bonds is 3. The molecule has 6 nitrogen and oxygen atoms in total. The van der Waals surface area contributed by atoms with Gasteiger partial charge >= 0.3 is 0 Å². The van der Waals surface area contributed by atoms with Crippen molar-refractivity contribution in [2.45, 2.75) is 13.3 Å². The van der Waals surface area contributed by atoms with E-state index in [0.29, 0.717) is 18.1 Å². The van der Waals surface area contributed by atoms with Gasteiger partial charge in [-0.15, -0.1) is 0 Å². The summed E-state index contributed by atoms with van der Waals surface area (Å²) in [6.07, 6.45) is 3.78. The van der Waals surface area contributed by atoms with Crippen LogP contribution in [0.15, 0.2) is 23.2 Å². The quantitative estimate of drug-likeness (QED) is 0.556. The first-order chi connectivity index (χ1) is 9.11. The van der Waals surface area contributed by atoms with E-state index in [4.69, 9.17) is 11.1 Å². The maximum atomic E-state index is 11.2. The van der Waals surface area contributed by atoms with E-state index in [1.165, 1.54) is 5.57 Å². The van der Waals surface area contributed by atoms with Gasteiger partial charge < -0.3 is 15.6 Å². The smallest absolute Gasteiger partial charge is 0.219 e. The molecular weight excluding hydrogens is 242 g/mol. The van der Waals surface area contributed by atoms with Crippen LogP contribution in [0.1, 0.15) is 24.7 Å². The number of aromatic nitrogens is 1. The summed E-state index contributed by atoms with van der Waals surface area (Å²) >= 11 is 0. The summed E-state index contributed by atoms with van der Waals surface area (Å²) in [5.41, 5.74) is 8.57. The number of carbonyl (C=O) groups is 1. The molecule has 0 spiro atoms. The highest BCUT2D eigenvalue weighted by molar-refractivity contribution is 6.00. The standard InChI is InChI=1S/C13H17N5O/c1-9(19)18-6-4-10(5-7-18)11-2-3-12(17-11)13(15)16-8-14/h2-4,8,17H,5-7H2,1H3,(H3,14,15,16). The van der Waals surface area contributed by atoms with Crippen molar-refractivity contribution in [1.82, 2.24) is 9.88 Å². The molecule has 0 saturated heterocycles. The van der Waals surface area contributed by atoms with Crippen LogP contribution < -0.4 is 5.73 Å². The molecule has 0 aromatic carbocycles. The predicted molar refractivity (Wildman–Crippen MR) is 75.1 cm³/mol. The van der Waals surface area contributed by atoms with Gasteiger partial charge in [0.2, 0.25) is 5.91 Å². The van der Waals surface area contributed by atoms with Crippen LogP contribution in [0.5, 0.6) is 0 Å². The van der Waals surface area contributed by atoms with Gasteiger partial charge in [-0.3, -0.25) is 10.2 Å². The molecule has 2 heterocycles. The maximum Gasteiger partial charge on any atom is 0.219 e. The minimum absolute atomic E-state index is 0.102. The Morgan fingerprint density at radius 3 is 2.95 bits per heavy atom. The van der Waals surface area contributed by atoms with Gasteiger partial charge in [-0.05, 0) is 24.1 Å². The lowest BCUT2D eigenvalue weighted by Gasteiger charge is -2.24. The summed E-state index contributed by atoms with van der Waals surface area (Å²) in [5, 5.41) is 6.89. The van der Waals surface area contributed by atoms with Crippen molar-refractivity contribution >= 4 is 23.7 Å². The molecule has 1 aliphatic heterocycles. The van der Waals surface area contributed by atoms with Crippen molar-refractivity contribution < 1.29 is 4.79 Å². The molecule has 0 fully saturated rings. The van der Waals surface area contributed by atoms with Crippen LogP contribution in [-0.2, 0) is 4.79 Å². The highest BCUT2D eigenvalue weighted by atomic mass is 16.2. The lowest BCUT2D eigenvalue weighted by molar-refractivity contribution is -0.128. The Bertz CT molecular complexity index is 555. The molecule has 1 aromatic rings. The van der Waals surface area contributed by atoms with E-state index in [9.17, 15) is 4.79 Å². The van der Waals surface area contributed by atoms with Crippen molar-refractivity contribution in [2.24, 2.45) is 10.7 Å². The number of nitrogens with zero attached hydrogens (tertiary/aromatic N) is 2. The molecule has 100 valence electrons. The van der Waals surface area contributed by atoms with E-state index >= 15 is 0 Å². The van der Waals surface area contributed by atoms with Crippen molar-refractivity contribution in [3.05, 3.63) is 29.6 Å². The first kappa shape index (κ1) is 13.1. The highest BCUT2D eigenvalue weighted by Gasteiger charge is 2.15. The summed E-state index contributed by atoms with van der Waals surface area (Å²) in [7, 11) is 0. The first-order valence-corrected chi connectivity index (χ1v) is 6.08. The first-order valence-electron chi connectivity index (χ1n) is 6.08. The largest absolute Gasteiger partial charge is 0.382 e. The summed E-state index contributed by atoms with van der Waals surface area (Å²) in [6, 6.07) is 3.78. The number of nitrogens with two attached hydrogens (primary N) is 1. The second-order valence-corrected chi connectivity index (χ2v) is 4.37. The molecule has 1 aromatic heterocycles. The van der Waals surface area contributed by atoms with Crippen LogP contribution in [0.25, 0.3) is 5.57 Å². The molecule has 19 heavy (non-hydrogen) atoms. The molecule has 0 bridgehead atoms. The zero-order chi connectivity index (χ0) is 13.8. The average Bonchev–Trinajstić information content (AvgIpc) is 2.89. The van der Waals surface area contributed by atoms with Gasteiger partial charge in [-0.2, -0.15) is 0 Å². The second-order valence-electron chi connectivity index (χ2n) is 4.37. The third kappa shape index (κ3) is 2.90. The Morgan fingerprint density at radius 2 is 2.37 bits per heavy atom. The van der Waals surface area contributed by atoms with Crippen molar-refractivity contribution in [2.75, 3.05) is 13.1 Å². The molecule has 1 aliphatic rings. The van der Waals surface area contributed by atoms with Crippen LogP contribution >= 0.6 is 0 Å². The third-order valence-electron chi connectivity index (χ3n) is 3.17. The number of aromatic amines is 1. The molecular formula is C13H17N5O. The predicted octanol–water partition coefficient (Wildman–Crippen LogP) is 0.963. The number of H-pyrrole nitrogens is 1. The van der Waals surface area contributed by atoms with Gasteiger partial charge in [0, 0.05) is 25.7 Å². The van der Waals surface area contributed by atoms with Gasteiger partial charge in [0.05, 0.1) is 5.69 Å². The van der Waals surface area contributed by atoms with E-state index in [2.05, 4.69) is 9.98 Å². The molecule has 1 amide bonds. The fourth-order valence-corrected chi connectivity index (χ4v) is 2.07. The average molecular weight is 259 g/mol. The van der Waals surface area contributed by atoms with Gasteiger partial charge in [-0.25, -0.2) is 4.99 Å². The number of hydrogen-bond donors (Lipinski definition) is 3. The highest BCUT2D eigenvalue weighted by Crippen LogP contribution is 2.21. The van der Waals surface area contributed by atoms with Crippen LogP contribution in [0.2, 0.25) is 0 Å². The molecule has 4 N–H and O–H groups in total. The zero-order valence-corrected chi connectivity index (χ0v) is 10.8. The van der Waals surface area contributed by atoms with E-state index < -0.39 is 0 Å². The summed E-state index contributed by atoms with van der Waals surface area (Å²) in [5.74, 6) is 0.396. The van der Waals surface area contributed by atoms with Crippen molar-refractivity contribution in [3.63, 3.8) is 0 Å². The monoisotopic (exact) mass is 259 g/mol. The Hall–Kier alpha value is -2.37. The number of hydrogen-bond acceptors (Lipinski definition) is 2. The van der Waals surface area contributed by atoms with E-state index in [1.54, 1.807) is 11.8 Å². The summed E-state index contributed by atoms with van der Waals surface area (Å²) in [4.78, 5) is 19.9.